The van der Waals surface area contributed by atoms with Gasteiger partial charge in [0.05, 0.1) is 20.3 Å². The van der Waals surface area contributed by atoms with Crippen molar-refractivity contribution in [3.8, 4) is 5.75 Å². The molecule has 0 bridgehead atoms. The molecule has 1 aromatic carbocycles. The number of hydrogen-bond donors (Lipinski definition) is 2. The lowest BCUT2D eigenvalue weighted by Gasteiger charge is -2.18. The van der Waals surface area contributed by atoms with E-state index >= 15 is 0 Å². The highest BCUT2D eigenvalue weighted by Gasteiger charge is 2.15. The quantitative estimate of drug-likeness (QED) is 0.796. The highest BCUT2D eigenvalue weighted by atomic mass is 16.5. The van der Waals surface area contributed by atoms with Crippen LogP contribution in [0.4, 0.5) is 0 Å². The van der Waals surface area contributed by atoms with E-state index in [-0.39, 0.29) is 19.1 Å². The number of aliphatic hydroxyl groups excluding tert-OH is 2. The highest BCUT2D eigenvalue weighted by Crippen LogP contribution is 2.31. The van der Waals surface area contributed by atoms with Crippen LogP contribution in [0.25, 0.3) is 0 Å². The molecule has 0 saturated carbocycles. The van der Waals surface area contributed by atoms with Gasteiger partial charge in [-0.25, -0.2) is 0 Å². The van der Waals surface area contributed by atoms with E-state index in [1.165, 1.54) is 0 Å². The molecule has 0 saturated heterocycles. The summed E-state index contributed by atoms with van der Waals surface area (Å²) < 4.78 is 5.18. The number of methoxy groups -OCH3 is 1. The number of aliphatic hydroxyl groups is 2. The van der Waals surface area contributed by atoms with E-state index in [0.29, 0.717) is 5.75 Å². The van der Waals surface area contributed by atoms with E-state index in [9.17, 15) is 10.2 Å². The summed E-state index contributed by atoms with van der Waals surface area (Å²) in [7, 11) is 1.58. The monoisotopic (exact) mass is 210 g/mol. The molecule has 0 spiro atoms. The lowest BCUT2D eigenvalue weighted by Crippen LogP contribution is -2.05. The second-order valence-corrected chi connectivity index (χ2v) is 3.79. The molecule has 0 aliphatic rings. The van der Waals surface area contributed by atoms with Crippen molar-refractivity contribution >= 4 is 0 Å². The molecule has 0 heterocycles. The lowest BCUT2D eigenvalue weighted by atomic mass is 9.92. The van der Waals surface area contributed by atoms with Crippen LogP contribution in [0.1, 0.15) is 36.5 Å². The maximum atomic E-state index is 9.34. The van der Waals surface area contributed by atoms with E-state index in [1.807, 2.05) is 19.9 Å². The van der Waals surface area contributed by atoms with Crippen molar-refractivity contribution in [3.05, 3.63) is 28.8 Å². The second-order valence-electron chi connectivity index (χ2n) is 3.79. The summed E-state index contributed by atoms with van der Waals surface area (Å²) in [6.45, 7) is 4.00. The van der Waals surface area contributed by atoms with Gasteiger partial charge in [0, 0.05) is 5.56 Å². The largest absolute Gasteiger partial charge is 0.496 e. The zero-order chi connectivity index (χ0) is 11.4. The van der Waals surface area contributed by atoms with E-state index < -0.39 is 0 Å². The van der Waals surface area contributed by atoms with E-state index in [2.05, 4.69) is 0 Å². The van der Waals surface area contributed by atoms with Crippen molar-refractivity contribution in [3.63, 3.8) is 0 Å². The molecule has 84 valence electrons. The first kappa shape index (κ1) is 12.0. The van der Waals surface area contributed by atoms with Crippen molar-refractivity contribution in [2.24, 2.45) is 0 Å². The molecule has 0 amide bonds. The van der Waals surface area contributed by atoms with Gasteiger partial charge in [0.15, 0.2) is 0 Å². The summed E-state index contributed by atoms with van der Waals surface area (Å²) in [5.74, 6) is 0.933. The van der Waals surface area contributed by atoms with Crippen LogP contribution in [-0.2, 0) is 13.2 Å². The Labute approximate surface area is 90.3 Å². The Morgan fingerprint density at radius 2 is 1.87 bits per heavy atom. The van der Waals surface area contributed by atoms with Gasteiger partial charge < -0.3 is 14.9 Å². The fraction of sp³-hybridized carbons (Fsp3) is 0.500. The number of ether oxygens (including phenoxy) is 1. The standard InChI is InChI=1S/C12H18O3/c1-8(2)12-9(6-13)4-5-11(15-3)10(12)7-14/h4-5,8,13-14H,6-7H2,1-3H3. The van der Waals surface area contributed by atoms with Gasteiger partial charge in [0.2, 0.25) is 0 Å². The fourth-order valence-corrected chi connectivity index (χ4v) is 1.90. The number of hydrogen-bond acceptors (Lipinski definition) is 3. The molecule has 0 radical (unpaired) electrons. The molecule has 15 heavy (non-hydrogen) atoms. The Bertz CT molecular complexity index is 332. The van der Waals surface area contributed by atoms with E-state index in [0.717, 1.165) is 16.7 Å². The van der Waals surface area contributed by atoms with Gasteiger partial charge in [0.25, 0.3) is 0 Å². The number of benzene rings is 1. The van der Waals surface area contributed by atoms with Crippen LogP contribution in [-0.4, -0.2) is 17.3 Å². The van der Waals surface area contributed by atoms with Crippen molar-refractivity contribution < 1.29 is 14.9 Å². The zero-order valence-corrected chi connectivity index (χ0v) is 9.45. The van der Waals surface area contributed by atoms with Crippen LogP contribution in [0.15, 0.2) is 12.1 Å². The van der Waals surface area contributed by atoms with Gasteiger partial charge in [-0.1, -0.05) is 19.9 Å². The minimum Gasteiger partial charge on any atom is -0.496 e. The van der Waals surface area contributed by atoms with Crippen LogP contribution in [0.2, 0.25) is 0 Å². The molecule has 3 heteroatoms. The zero-order valence-electron chi connectivity index (χ0n) is 9.45. The van der Waals surface area contributed by atoms with Gasteiger partial charge in [-0.15, -0.1) is 0 Å². The molecular weight excluding hydrogens is 192 g/mol. The SMILES string of the molecule is COc1ccc(CO)c(C(C)C)c1CO. The van der Waals surface area contributed by atoms with Crippen molar-refractivity contribution in [2.45, 2.75) is 33.0 Å². The molecule has 3 nitrogen and oxygen atoms in total. The van der Waals surface area contributed by atoms with Crippen LogP contribution < -0.4 is 4.74 Å². The Kier molecular flexibility index (Phi) is 4.12. The maximum absolute atomic E-state index is 9.34. The summed E-state index contributed by atoms with van der Waals surface area (Å²) in [5.41, 5.74) is 2.62. The molecule has 0 aromatic heterocycles. The predicted octanol–water partition coefficient (Wildman–Crippen LogP) is 1.80. The van der Waals surface area contributed by atoms with E-state index in [4.69, 9.17) is 4.74 Å². The van der Waals surface area contributed by atoms with Crippen molar-refractivity contribution in [2.75, 3.05) is 7.11 Å². The van der Waals surface area contributed by atoms with Gasteiger partial charge >= 0.3 is 0 Å². The summed E-state index contributed by atoms with van der Waals surface area (Å²) in [6.07, 6.45) is 0. The Morgan fingerprint density at radius 1 is 1.20 bits per heavy atom. The lowest BCUT2D eigenvalue weighted by molar-refractivity contribution is 0.266. The molecule has 1 aromatic rings. The third-order valence-electron chi connectivity index (χ3n) is 2.53. The minimum absolute atomic E-state index is 0.00942. The van der Waals surface area contributed by atoms with Gasteiger partial charge in [-0.05, 0) is 23.1 Å². The minimum atomic E-state index is -0.0650. The molecule has 1 rings (SSSR count). The molecule has 0 atom stereocenters. The first-order valence-corrected chi connectivity index (χ1v) is 5.06. The predicted molar refractivity (Wildman–Crippen MR) is 58.9 cm³/mol. The molecule has 2 N–H and O–H groups in total. The normalized spacial score (nSPS) is 10.8. The molecular formula is C12H18O3. The maximum Gasteiger partial charge on any atom is 0.124 e. The van der Waals surface area contributed by atoms with Crippen molar-refractivity contribution in [1.82, 2.24) is 0 Å². The Hall–Kier alpha value is -1.06. The molecule has 0 fully saturated rings. The first-order chi connectivity index (χ1) is 7.15. The average molecular weight is 210 g/mol. The number of rotatable bonds is 4. The average Bonchev–Trinajstić information content (AvgIpc) is 2.26. The summed E-state index contributed by atoms with van der Waals surface area (Å²) in [5, 5.41) is 18.6. The topological polar surface area (TPSA) is 49.7 Å². The third kappa shape index (κ3) is 2.30. The summed E-state index contributed by atoms with van der Waals surface area (Å²) in [4.78, 5) is 0. The van der Waals surface area contributed by atoms with E-state index in [1.54, 1.807) is 13.2 Å². The van der Waals surface area contributed by atoms with Gasteiger partial charge in [-0.2, -0.15) is 0 Å². The summed E-state index contributed by atoms with van der Waals surface area (Å²) in [6, 6.07) is 3.62. The fourth-order valence-electron chi connectivity index (χ4n) is 1.90. The van der Waals surface area contributed by atoms with Crippen LogP contribution >= 0.6 is 0 Å². The van der Waals surface area contributed by atoms with Crippen molar-refractivity contribution in [1.29, 1.82) is 0 Å². The molecule has 0 unspecified atom stereocenters. The van der Waals surface area contributed by atoms with Crippen LogP contribution in [0.3, 0.4) is 0 Å². The Morgan fingerprint density at radius 3 is 2.27 bits per heavy atom. The smallest absolute Gasteiger partial charge is 0.124 e. The van der Waals surface area contributed by atoms with Gasteiger partial charge in [0.1, 0.15) is 5.75 Å². The second kappa shape index (κ2) is 5.14. The first-order valence-electron chi connectivity index (χ1n) is 5.06. The molecule has 0 aliphatic heterocycles. The third-order valence-corrected chi connectivity index (χ3v) is 2.53. The van der Waals surface area contributed by atoms with Crippen LogP contribution in [0.5, 0.6) is 5.75 Å². The highest BCUT2D eigenvalue weighted by molar-refractivity contribution is 5.46. The summed E-state index contributed by atoms with van der Waals surface area (Å²) >= 11 is 0. The van der Waals surface area contributed by atoms with Crippen LogP contribution in [0, 0.1) is 0 Å². The van der Waals surface area contributed by atoms with Gasteiger partial charge in [-0.3, -0.25) is 0 Å². The Balaban J connectivity index is 3.37. The molecule has 0 aliphatic carbocycles.